The summed E-state index contributed by atoms with van der Waals surface area (Å²) in [6.45, 7) is 1.80. The van der Waals surface area contributed by atoms with Crippen LogP contribution in [0.1, 0.15) is 13.3 Å². The van der Waals surface area contributed by atoms with E-state index in [1.54, 1.807) is 6.92 Å². The summed E-state index contributed by atoms with van der Waals surface area (Å²) in [6.07, 6.45) is 2.88. The van der Waals surface area contributed by atoms with Crippen molar-refractivity contribution in [2.24, 2.45) is 0 Å². The Labute approximate surface area is 55.7 Å². The maximum Gasteiger partial charge on any atom is 0.319 e. The minimum absolute atomic E-state index is 0.640. The summed E-state index contributed by atoms with van der Waals surface area (Å²) in [5, 5.41) is 0. The standard InChI is InChI=1S/C5H7BrF2/c1-2-3-4-5(6,7)8/h3-4H,2H2,1H3. The van der Waals surface area contributed by atoms with E-state index in [1.807, 2.05) is 0 Å². The molecule has 0 aromatic carbocycles. The molecule has 0 aromatic rings. The monoisotopic (exact) mass is 184 g/mol. The van der Waals surface area contributed by atoms with Crippen LogP contribution in [0.25, 0.3) is 0 Å². The van der Waals surface area contributed by atoms with Crippen LogP contribution in [0.2, 0.25) is 0 Å². The molecule has 0 unspecified atom stereocenters. The number of hydrogen-bond donors (Lipinski definition) is 0. The van der Waals surface area contributed by atoms with Gasteiger partial charge in [0.25, 0.3) is 0 Å². The zero-order chi connectivity index (χ0) is 6.62. The first-order chi connectivity index (χ1) is 3.56. The van der Waals surface area contributed by atoms with E-state index >= 15 is 0 Å². The number of allylic oxidation sites excluding steroid dienone is 2. The van der Waals surface area contributed by atoms with Crippen molar-refractivity contribution in [2.45, 2.75) is 18.2 Å². The molecule has 8 heavy (non-hydrogen) atoms. The summed E-state index contributed by atoms with van der Waals surface area (Å²) in [5.41, 5.74) is 0. The molecule has 0 fully saturated rings. The highest BCUT2D eigenvalue weighted by atomic mass is 79.9. The van der Waals surface area contributed by atoms with Gasteiger partial charge in [0.05, 0.1) is 0 Å². The lowest BCUT2D eigenvalue weighted by Gasteiger charge is -1.97. The van der Waals surface area contributed by atoms with Crippen molar-refractivity contribution in [3.63, 3.8) is 0 Å². The maximum atomic E-state index is 11.7. The van der Waals surface area contributed by atoms with Crippen LogP contribution in [-0.2, 0) is 0 Å². The van der Waals surface area contributed by atoms with E-state index < -0.39 is 4.83 Å². The van der Waals surface area contributed by atoms with Crippen LogP contribution >= 0.6 is 15.9 Å². The average Bonchev–Trinajstić information content (AvgIpc) is 1.59. The predicted molar refractivity (Wildman–Crippen MR) is 33.3 cm³/mol. The van der Waals surface area contributed by atoms with E-state index in [0.29, 0.717) is 6.42 Å². The van der Waals surface area contributed by atoms with Crippen molar-refractivity contribution in [1.29, 1.82) is 0 Å². The average molecular weight is 185 g/mol. The Balaban J connectivity index is 3.52. The fraction of sp³-hybridized carbons (Fsp3) is 0.600. The molecule has 0 aliphatic carbocycles. The van der Waals surface area contributed by atoms with Crippen molar-refractivity contribution >= 4 is 15.9 Å². The van der Waals surface area contributed by atoms with E-state index in [9.17, 15) is 8.78 Å². The zero-order valence-electron chi connectivity index (χ0n) is 4.50. The topological polar surface area (TPSA) is 0 Å². The van der Waals surface area contributed by atoms with Gasteiger partial charge in [0, 0.05) is 0 Å². The summed E-state index contributed by atoms with van der Waals surface area (Å²) in [5.74, 6) is 0. The van der Waals surface area contributed by atoms with Gasteiger partial charge in [-0.15, -0.1) is 0 Å². The lowest BCUT2D eigenvalue weighted by atomic mass is 10.4. The molecule has 0 aliphatic rings. The number of rotatable bonds is 2. The fourth-order valence-electron chi connectivity index (χ4n) is 0.251. The molecule has 0 amide bonds. The minimum Gasteiger partial charge on any atom is -0.189 e. The largest absolute Gasteiger partial charge is 0.319 e. The number of halogens is 3. The third-order valence-electron chi connectivity index (χ3n) is 0.543. The number of alkyl halides is 3. The molecule has 0 atom stereocenters. The van der Waals surface area contributed by atoms with Crippen LogP contribution in [0.3, 0.4) is 0 Å². The summed E-state index contributed by atoms with van der Waals surface area (Å²) in [6, 6.07) is 0. The van der Waals surface area contributed by atoms with Gasteiger partial charge < -0.3 is 0 Å². The fourth-order valence-corrected chi connectivity index (χ4v) is 0.438. The van der Waals surface area contributed by atoms with E-state index in [1.165, 1.54) is 6.08 Å². The summed E-state index contributed by atoms with van der Waals surface area (Å²) in [7, 11) is 0. The summed E-state index contributed by atoms with van der Waals surface area (Å²) >= 11 is 2.16. The van der Waals surface area contributed by atoms with Crippen molar-refractivity contribution in [2.75, 3.05) is 0 Å². The molecule has 0 heterocycles. The van der Waals surface area contributed by atoms with Gasteiger partial charge in [-0.3, -0.25) is 0 Å². The molecule has 48 valence electrons. The van der Waals surface area contributed by atoms with Gasteiger partial charge in [-0.1, -0.05) is 13.0 Å². The second-order valence-corrected chi connectivity index (χ2v) is 2.41. The van der Waals surface area contributed by atoms with Crippen molar-refractivity contribution in [3.05, 3.63) is 12.2 Å². The van der Waals surface area contributed by atoms with Gasteiger partial charge in [-0.05, 0) is 28.4 Å². The van der Waals surface area contributed by atoms with Crippen molar-refractivity contribution in [1.82, 2.24) is 0 Å². The van der Waals surface area contributed by atoms with E-state index in [0.717, 1.165) is 6.08 Å². The predicted octanol–water partition coefficient (Wildman–Crippen LogP) is 2.94. The molecule has 0 saturated heterocycles. The smallest absolute Gasteiger partial charge is 0.189 e. The second kappa shape index (κ2) is 3.17. The molecule has 0 radical (unpaired) electrons. The van der Waals surface area contributed by atoms with E-state index in [4.69, 9.17) is 0 Å². The van der Waals surface area contributed by atoms with Crippen molar-refractivity contribution < 1.29 is 8.78 Å². The highest BCUT2D eigenvalue weighted by Crippen LogP contribution is 2.22. The molecular formula is C5H7BrF2. The molecular weight excluding hydrogens is 178 g/mol. The van der Waals surface area contributed by atoms with Gasteiger partial charge >= 0.3 is 4.83 Å². The normalized spacial score (nSPS) is 13.0. The SMILES string of the molecule is CCC=CC(F)(F)Br. The maximum absolute atomic E-state index is 11.7. The first kappa shape index (κ1) is 8.08. The second-order valence-electron chi connectivity index (χ2n) is 1.35. The minimum atomic E-state index is -2.82. The third kappa shape index (κ3) is 6.08. The molecule has 3 heteroatoms. The van der Waals surface area contributed by atoms with E-state index in [2.05, 4.69) is 15.9 Å². The molecule has 0 N–H and O–H groups in total. The molecule has 0 aromatic heterocycles. The molecule has 0 nitrogen and oxygen atoms in total. The van der Waals surface area contributed by atoms with Gasteiger partial charge in [0.15, 0.2) is 0 Å². The lowest BCUT2D eigenvalue weighted by molar-refractivity contribution is 0.171. The van der Waals surface area contributed by atoms with Crippen LogP contribution in [0.4, 0.5) is 8.78 Å². The Hall–Kier alpha value is 0.0800. The van der Waals surface area contributed by atoms with Crippen LogP contribution in [0, 0.1) is 0 Å². The Morgan fingerprint density at radius 1 is 1.62 bits per heavy atom. The van der Waals surface area contributed by atoms with E-state index in [-0.39, 0.29) is 0 Å². The van der Waals surface area contributed by atoms with Crippen LogP contribution in [-0.4, -0.2) is 4.83 Å². The van der Waals surface area contributed by atoms with Gasteiger partial charge in [0.1, 0.15) is 0 Å². The summed E-state index contributed by atoms with van der Waals surface area (Å²) < 4.78 is 23.5. The third-order valence-corrected chi connectivity index (χ3v) is 0.807. The molecule has 0 rings (SSSR count). The quantitative estimate of drug-likeness (QED) is 0.458. The van der Waals surface area contributed by atoms with Gasteiger partial charge in [-0.25, -0.2) is 0 Å². The molecule has 0 aliphatic heterocycles. The molecule has 0 saturated carbocycles. The van der Waals surface area contributed by atoms with Gasteiger partial charge in [0.2, 0.25) is 0 Å². The molecule has 0 spiro atoms. The highest BCUT2D eigenvalue weighted by Gasteiger charge is 2.17. The lowest BCUT2D eigenvalue weighted by Crippen LogP contribution is -1.96. The van der Waals surface area contributed by atoms with Crippen LogP contribution < -0.4 is 0 Å². The Morgan fingerprint density at radius 2 is 2.12 bits per heavy atom. The van der Waals surface area contributed by atoms with Crippen molar-refractivity contribution in [3.8, 4) is 0 Å². The Bertz CT molecular complexity index is 82.9. The number of hydrogen-bond acceptors (Lipinski definition) is 0. The Morgan fingerprint density at radius 3 is 2.25 bits per heavy atom. The van der Waals surface area contributed by atoms with Gasteiger partial charge in [-0.2, -0.15) is 8.78 Å². The summed E-state index contributed by atoms with van der Waals surface area (Å²) in [4.78, 5) is -2.82. The highest BCUT2D eigenvalue weighted by molar-refractivity contribution is 9.10. The molecule has 0 bridgehead atoms. The first-order valence-electron chi connectivity index (χ1n) is 2.30. The Kier molecular flexibility index (Phi) is 3.21. The zero-order valence-corrected chi connectivity index (χ0v) is 6.08. The first-order valence-corrected chi connectivity index (χ1v) is 3.10. The van der Waals surface area contributed by atoms with Crippen LogP contribution in [0.5, 0.6) is 0 Å². The van der Waals surface area contributed by atoms with Crippen LogP contribution in [0.15, 0.2) is 12.2 Å².